The second kappa shape index (κ2) is 6.68. The first kappa shape index (κ1) is 15.5. The summed E-state index contributed by atoms with van der Waals surface area (Å²) >= 11 is 6.94. The summed E-state index contributed by atoms with van der Waals surface area (Å²) in [4.78, 5) is 12.8. The number of hydrogen-bond acceptors (Lipinski definition) is 1. The Bertz CT molecular complexity index is 592. The molecule has 2 aromatic carbocycles. The van der Waals surface area contributed by atoms with Crippen LogP contribution in [0.15, 0.2) is 36.4 Å². The molecule has 2 rings (SSSR count). The molecule has 0 heterocycles. The van der Waals surface area contributed by atoms with Crippen LogP contribution in [0.1, 0.15) is 38.2 Å². The zero-order chi connectivity index (χ0) is 14.7. The lowest BCUT2D eigenvalue weighted by atomic mass is 9.94. The first-order valence-electron chi connectivity index (χ1n) is 6.42. The van der Waals surface area contributed by atoms with Crippen molar-refractivity contribution in [2.75, 3.05) is 0 Å². The Kier molecular flexibility index (Phi) is 5.17. The SMILES string of the molecule is Cc1ccc(C(=O)c2ccc(C)cc2CBr)c(CBr)c1. The molecule has 2 aromatic rings. The summed E-state index contributed by atoms with van der Waals surface area (Å²) in [5, 5.41) is 1.37. The average Bonchev–Trinajstić information content (AvgIpc) is 2.46. The number of rotatable bonds is 4. The Labute approximate surface area is 136 Å². The summed E-state index contributed by atoms with van der Waals surface area (Å²) in [5.41, 5.74) is 5.96. The largest absolute Gasteiger partial charge is 0.289 e. The van der Waals surface area contributed by atoms with Gasteiger partial charge >= 0.3 is 0 Å². The Morgan fingerprint density at radius 2 is 1.25 bits per heavy atom. The zero-order valence-corrected chi connectivity index (χ0v) is 14.7. The van der Waals surface area contributed by atoms with Gasteiger partial charge in [0.05, 0.1) is 0 Å². The van der Waals surface area contributed by atoms with Crippen LogP contribution in [0.2, 0.25) is 0 Å². The molecule has 0 spiro atoms. The van der Waals surface area contributed by atoms with Crippen molar-refractivity contribution < 1.29 is 4.79 Å². The molecule has 3 heteroatoms. The van der Waals surface area contributed by atoms with E-state index in [0.29, 0.717) is 10.7 Å². The summed E-state index contributed by atoms with van der Waals surface area (Å²) in [6.45, 7) is 4.08. The highest BCUT2D eigenvalue weighted by Crippen LogP contribution is 2.23. The lowest BCUT2D eigenvalue weighted by Gasteiger charge is -2.11. The van der Waals surface area contributed by atoms with E-state index in [9.17, 15) is 4.79 Å². The summed E-state index contributed by atoms with van der Waals surface area (Å²) in [5.74, 6) is 0.0916. The van der Waals surface area contributed by atoms with Crippen LogP contribution in [0, 0.1) is 13.8 Å². The topological polar surface area (TPSA) is 17.1 Å². The molecule has 0 radical (unpaired) electrons. The van der Waals surface area contributed by atoms with Gasteiger partial charge in [0, 0.05) is 21.8 Å². The van der Waals surface area contributed by atoms with Gasteiger partial charge in [-0.25, -0.2) is 0 Å². The van der Waals surface area contributed by atoms with Crippen LogP contribution in [-0.4, -0.2) is 5.78 Å². The van der Waals surface area contributed by atoms with Crippen LogP contribution in [0.25, 0.3) is 0 Å². The fourth-order valence-electron chi connectivity index (χ4n) is 2.25. The molecule has 0 aliphatic carbocycles. The predicted octanol–water partition coefficient (Wildman–Crippen LogP) is 5.32. The monoisotopic (exact) mass is 394 g/mol. The molecule has 20 heavy (non-hydrogen) atoms. The average molecular weight is 396 g/mol. The first-order valence-corrected chi connectivity index (χ1v) is 8.66. The molecule has 104 valence electrons. The highest BCUT2D eigenvalue weighted by Gasteiger charge is 2.16. The molecule has 0 saturated carbocycles. The van der Waals surface area contributed by atoms with E-state index in [1.165, 1.54) is 11.1 Å². The molecular formula is C17H16Br2O. The molecule has 0 aliphatic heterocycles. The van der Waals surface area contributed by atoms with E-state index in [1.54, 1.807) is 0 Å². The van der Waals surface area contributed by atoms with Crippen LogP contribution >= 0.6 is 31.9 Å². The van der Waals surface area contributed by atoms with Gasteiger partial charge in [-0.1, -0.05) is 79.4 Å². The van der Waals surface area contributed by atoms with Crippen LogP contribution in [0.3, 0.4) is 0 Å². The summed E-state index contributed by atoms with van der Waals surface area (Å²) in [6.07, 6.45) is 0. The fourth-order valence-corrected chi connectivity index (χ4v) is 3.18. The van der Waals surface area contributed by atoms with Crippen molar-refractivity contribution in [3.63, 3.8) is 0 Å². The summed E-state index contributed by atoms with van der Waals surface area (Å²) in [6, 6.07) is 11.9. The third kappa shape index (κ3) is 3.21. The summed E-state index contributed by atoms with van der Waals surface area (Å²) in [7, 11) is 0. The highest BCUT2D eigenvalue weighted by molar-refractivity contribution is 9.08. The fraction of sp³-hybridized carbons (Fsp3) is 0.235. The molecular weight excluding hydrogens is 380 g/mol. The van der Waals surface area contributed by atoms with Gasteiger partial charge in [-0.05, 0) is 25.0 Å². The van der Waals surface area contributed by atoms with Gasteiger partial charge in [-0.2, -0.15) is 0 Å². The maximum absolute atomic E-state index is 12.8. The van der Waals surface area contributed by atoms with E-state index in [4.69, 9.17) is 0 Å². The second-order valence-corrected chi connectivity index (χ2v) is 6.04. The third-order valence-corrected chi connectivity index (χ3v) is 4.51. The van der Waals surface area contributed by atoms with Gasteiger partial charge in [0.2, 0.25) is 0 Å². The molecule has 0 aliphatic rings. The second-order valence-electron chi connectivity index (χ2n) is 4.92. The minimum absolute atomic E-state index is 0.0916. The molecule has 1 nitrogen and oxygen atoms in total. The van der Waals surface area contributed by atoms with Gasteiger partial charge in [0.1, 0.15) is 0 Å². The van der Waals surface area contributed by atoms with E-state index in [0.717, 1.165) is 22.3 Å². The number of carbonyl (C=O) groups excluding carboxylic acids is 1. The molecule has 0 bridgehead atoms. The van der Waals surface area contributed by atoms with Crippen molar-refractivity contribution in [2.24, 2.45) is 0 Å². The van der Waals surface area contributed by atoms with E-state index in [-0.39, 0.29) is 5.78 Å². The number of alkyl halides is 2. The minimum Gasteiger partial charge on any atom is -0.289 e. The lowest BCUT2D eigenvalue weighted by molar-refractivity contribution is 0.103. The van der Waals surface area contributed by atoms with Crippen LogP contribution in [-0.2, 0) is 10.7 Å². The Morgan fingerprint density at radius 1 is 0.850 bits per heavy atom. The Hall–Kier alpha value is -0.930. The van der Waals surface area contributed by atoms with E-state index < -0.39 is 0 Å². The van der Waals surface area contributed by atoms with Crippen LogP contribution in [0.5, 0.6) is 0 Å². The van der Waals surface area contributed by atoms with Gasteiger partial charge in [0.25, 0.3) is 0 Å². The van der Waals surface area contributed by atoms with Crippen LogP contribution in [0.4, 0.5) is 0 Å². The lowest BCUT2D eigenvalue weighted by Crippen LogP contribution is -2.08. The maximum atomic E-state index is 12.8. The van der Waals surface area contributed by atoms with Gasteiger partial charge in [-0.15, -0.1) is 0 Å². The normalized spacial score (nSPS) is 10.6. The molecule has 0 saturated heterocycles. The standard InChI is InChI=1S/C17H16Br2O/c1-11-3-5-15(13(7-11)9-18)17(20)16-6-4-12(2)8-14(16)10-19/h3-8H,9-10H2,1-2H3. The number of aryl methyl sites for hydroxylation is 2. The highest BCUT2D eigenvalue weighted by atomic mass is 79.9. The van der Waals surface area contributed by atoms with Crippen molar-refractivity contribution in [3.8, 4) is 0 Å². The zero-order valence-electron chi connectivity index (χ0n) is 11.5. The van der Waals surface area contributed by atoms with Gasteiger partial charge in [-0.3, -0.25) is 4.79 Å². The maximum Gasteiger partial charge on any atom is 0.193 e. The number of carbonyl (C=O) groups is 1. The Morgan fingerprint density at radius 3 is 1.60 bits per heavy atom. The van der Waals surface area contributed by atoms with Crippen molar-refractivity contribution in [2.45, 2.75) is 24.5 Å². The molecule has 0 fully saturated rings. The minimum atomic E-state index is 0.0916. The number of hydrogen-bond donors (Lipinski definition) is 0. The summed E-state index contributed by atoms with van der Waals surface area (Å²) < 4.78 is 0. The quantitative estimate of drug-likeness (QED) is 0.505. The molecule has 0 N–H and O–H groups in total. The molecule has 0 aromatic heterocycles. The van der Waals surface area contributed by atoms with E-state index >= 15 is 0 Å². The number of ketones is 1. The van der Waals surface area contributed by atoms with Gasteiger partial charge < -0.3 is 0 Å². The predicted molar refractivity (Wildman–Crippen MR) is 91.1 cm³/mol. The third-order valence-electron chi connectivity index (χ3n) is 3.30. The smallest absolute Gasteiger partial charge is 0.193 e. The van der Waals surface area contributed by atoms with Crippen molar-refractivity contribution in [3.05, 3.63) is 69.8 Å². The van der Waals surface area contributed by atoms with E-state index in [2.05, 4.69) is 44.0 Å². The molecule has 0 unspecified atom stereocenters. The molecule has 0 atom stereocenters. The first-order chi connectivity index (χ1) is 9.56. The Balaban J connectivity index is 2.51. The number of benzene rings is 2. The molecule has 0 amide bonds. The van der Waals surface area contributed by atoms with Crippen molar-refractivity contribution in [1.29, 1.82) is 0 Å². The van der Waals surface area contributed by atoms with E-state index in [1.807, 2.05) is 38.1 Å². The van der Waals surface area contributed by atoms with Crippen molar-refractivity contribution >= 4 is 37.6 Å². The number of halogens is 2. The van der Waals surface area contributed by atoms with Crippen LogP contribution < -0.4 is 0 Å². The van der Waals surface area contributed by atoms with Gasteiger partial charge in [0.15, 0.2) is 5.78 Å². The van der Waals surface area contributed by atoms with Crippen molar-refractivity contribution in [1.82, 2.24) is 0 Å².